The lowest BCUT2D eigenvalue weighted by Crippen LogP contribution is -2.24. The van der Waals surface area contributed by atoms with Crippen molar-refractivity contribution in [2.45, 2.75) is 6.92 Å². The summed E-state index contributed by atoms with van der Waals surface area (Å²) < 4.78 is 5.76. The molecule has 104 valence electrons. The number of hydrogen-bond acceptors (Lipinski definition) is 7. The molecule has 2 aromatic heterocycles. The van der Waals surface area contributed by atoms with Gasteiger partial charge in [0.25, 0.3) is 11.7 Å². The van der Waals surface area contributed by atoms with Crippen LogP contribution in [0.25, 0.3) is 5.82 Å². The molecule has 0 aliphatic rings. The van der Waals surface area contributed by atoms with E-state index in [0.29, 0.717) is 12.4 Å². The Morgan fingerprint density at radius 1 is 1.35 bits per heavy atom. The first-order valence-corrected chi connectivity index (χ1v) is 5.78. The topological polar surface area (TPSA) is 112 Å². The van der Waals surface area contributed by atoms with E-state index in [2.05, 4.69) is 30.3 Å². The highest BCUT2D eigenvalue weighted by Gasteiger charge is 2.13. The summed E-state index contributed by atoms with van der Waals surface area (Å²) in [6.07, 6.45) is 1.31. The van der Waals surface area contributed by atoms with Gasteiger partial charge in [0.15, 0.2) is 11.5 Å². The van der Waals surface area contributed by atoms with Crippen LogP contribution in [0.5, 0.6) is 0 Å². The molecule has 0 aliphatic carbocycles. The fraction of sp³-hybridized carbons (Fsp3) is 0.273. The van der Waals surface area contributed by atoms with Crippen LogP contribution in [0.1, 0.15) is 28.0 Å². The van der Waals surface area contributed by atoms with Crippen molar-refractivity contribution in [1.82, 2.24) is 30.3 Å². The Balaban J connectivity index is 2.19. The monoisotopic (exact) mass is 276 g/mol. The summed E-state index contributed by atoms with van der Waals surface area (Å²) >= 11 is 0. The molecular formula is C11H12N6O3. The number of hydrogen-bond donors (Lipinski definition) is 1. The number of carbonyl (C=O) groups is 2. The Kier molecular flexibility index (Phi) is 3.99. The van der Waals surface area contributed by atoms with Crippen molar-refractivity contribution in [2.24, 2.45) is 0 Å². The molecule has 0 spiro atoms. The lowest BCUT2D eigenvalue weighted by molar-refractivity contribution is 0.0586. The summed E-state index contributed by atoms with van der Waals surface area (Å²) in [5.41, 5.74) is 0.198. The van der Waals surface area contributed by atoms with Gasteiger partial charge in [-0.2, -0.15) is 4.68 Å². The molecule has 0 aliphatic heterocycles. The van der Waals surface area contributed by atoms with Crippen LogP contribution >= 0.6 is 0 Å². The van der Waals surface area contributed by atoms with Gasteiger partial charge in [-0.3, -0.25) is 4.79 Å². The maximum Gasteiger partial charge on any atom is 0.377 e. The van der Waals surface area contributed by atoms with E-state index in [1.165, 1.54) is 24.2 Å². The molecule has 1 N–H and O–H groups in total. The van der Waals surface area contributed by atoms with Gasteiger partial charge in [-0.1, -0.05) is 0 Å². The third kappa shape index (κ3) is 2.76. The van der Waals surface area contributed by atoms with Crippen LogP contribution in [-0.2, 0) is 4.74 Å². The van der Waals surface area contributed by atoms with E-state index < -0.39 is 5.97 Å². The van der Waals surface area contributed by atoms with Gasteiger partial charge >= 0.3 is 5.97 Å². The van der Waals surface area contributed by atoms with Crippen LogP contribution in [0.15, 0.2) is 18.5 Å². The second-order valence-electron chi connectivity index (χ2n) is 3.64. The fourth-order valence-corrected chi connectivity index (χ4v) is 1.38. The smallest absolute Gasteiger partial charge is 0.377 e. The van der Waals surface area contributed by atoms with Gasteiger partial charge in [-0.15, -0.1) is 15.3 Å². The lowest BCUT2D eigenvalue weighted by Gasteiger charge is -2.01. The Labute approximate surface area is 114 Å². The Bertz CT molecular complexity index is 621. The van der Waals surface area contributed by atoms with Crippen molar-refractivity contribution in [3.05, 3.63) is 30.0 Å². The van der Waals surface area contributed by atoms with Crippen molar-refractivity contribution < 1.29 is 14.3 Å². The van der Waals surface area contributed by atoms with E-state index >= 15 is 0 Å². The van der Waals surface area contributed by atoms with Gasteiger partial charge in [0.2, 0.25) is 0 Å². The Morgan fingerprint density at radius 2 is 2.15 bits per heavy atom. The third-order valence-electron chi connectivity index (χ3n) is 2.31. The normalized spacial score (nSPS) is 10.1. The fourth-order valence-electron chi connectivity index (χ4n) is 1.38. The van der Waals surface area contributed by atoms with E-state index in [1.54, 1.807) is 6.07 Å². The largest absolute Gasteiger partial charge is 0.463 e. The molecule has 2 aromatic rings. The van der Waals surface area contributed by atoms with Gasteiger partial charge in [-0.25, -0.2) is 9.78 Å². The van der Waals surface area contributed by atoms with Gasteiger partial charge < -0.3 is 10.1 Å². The quantitative estimate of drug-likeness (QED) is 0.755. The zero-order chi connectivity index (χ0) is 14.5. The Morgan fingerprint density at radius 3 is 2.75 bits per heavy atom. The van der Waals surface area contributed by atoms with Crippen LogP contribution in [0.2, 0.25) is 0 Å². The molecule has 1 amide bonds. The van der Waals surface area contributed by atoms with Crippen molar-refractivity contribution in [1.29, 1.82) is 0 Å². The molecule has 9 nitrogen and oxygen atoms in total. The summed E-state index contributed by atoms with van der Waals surface area (Å²) in [6.45, 7) is 2.32. The summed E-state index contributed by atoms with van der Waals surface area (Å²) in [4.78, 5) is 26.5. The van der Waals surface area contributed by atoms with E-state index in [0.717, 1.165) is 0 Å². The number of methoxy groups -OCH3 is 1. The van der Waals surface area contributed by atoms with E-state index in [1.807, 2.05) is 6.92 Å². The first-order valence-electron chi connectivity index (χ1n) is 5.78. The molecule has 0 fully saturated rings. The molecule has 9 heteroatoms. The molecule has 2 rings (SSSR count). The number of rotatable bonds is 4. The zero-order valence-electron chi connectivity index (χ0n) is 10.9. The summed E-state index contributed by atoms with van der Waals surface area (Å²) in [7, 11) is 1.24. The minimum Gasteiger partial charge on any atom is -0.463 e. The highest BCUT2D eigenvalue weighted by Crippen LogP contribution is 2.03. The first-order chi connectivity index (χ1) is 9.65. The number of aromatic nitrogens is 5. The number of carbonyl (C=O) groups excluding carboxylic acids is 2. The molecule has 0 bridgehead atoms. The number of nitrogens with one attached hydrogen (secondary N) is 1. The van der Waals surface area contributed by atoms with Crippen molar-refractivity contribution in [3.63, 3.8) is 0 Å². The van der Waals surface area contributed by atoms with Gasteiger partial charge in [0, 0.05) is 6.54 Å². The maximum atomic E-state index is 11.5. The minimum atomic E-state index is -0.643. The molecule has 0 aromatic carbocycles. The van der Waals surface area contributed by atoms with Crippen LogP contribution in [0, 0.1) is 0 Å². The van der Waals surface area contributed by atoms with E-state index in [9.17, 15) is 9.59 Å². The highest BCUT2D eigenvalue weighted by molar-refractivity contribution is 5.92. The van der Waals surface area contributed by atoms with Crippen molar-refractivity contribution in [3.8, 4) is 5.82 Å². The second kappa shape index (κ2) is 5.87. The average molecular weight is 276 g/mol. The first kappa shape index (κ1) is 13.6. The standard InChI is InChI=1S/C11H12N6O3/c1-3-12-10(18)7-4-5-8(15-14-7)17-6-13-9(16-17)11(19)20-2/h4-6H,3H2,1-2H3,(H,12,18). The number of esters is 1. The van der Waals surface area contributed by atoms with Crippen LogP contribution in [0.3, 0.4) is 0 Å². The van der Waals surface area contributed by atoms with Crippen LogP contribution in [-0.4, -0.2) is 50.5 Å². The van der Waals surface area contributed by atoms with E-state index in [4.69, 9.17) is 0 Å². The highest BCUT2D eigenvalue weighted by atomic mass is 16.5. The summed E-state index contributed by atoms with van der Waals surface area (Å²) in [5.74, 6) is -0.696. The second-order valence-corrected chi connectivity index (χ2v) is 3.64. The van der Waals surface area contributed by atoms with Crippen molar-refractivity contribution in [2.75, 3.05) is 13.7 Å². The number of amides is 1. The number of nitrogens with zero attached hydrogens (tertiary/aromatic N) is 5. The van der Waals surface area contributed by atoms with Crippen LogP contribution < -0.4 is 5.32 Å². The van der Waals surface area contributed by atoms with Crippen LogP contribution in [0.4, 0.5) is 0 Å². The molecule has 0 saturated heterocycles. The minimum absolute atomic E-state index is 0.0814. The molecule has 2 heterocycles. The predicted octanol–water partition coefficient (Wildman–Crippen LogP) is -0.406. The Hall–Kier alpha value is -2.84. The maximum absolute atomic E-state index is 11.5. The molecule has 0 radical (unpaired) electrons. The molecule has 0 unspecified atom stereocenters. The summed E-state index contributed by atoms with van der Waals surface area (Å²) in [5, 5.41) is 14.1. The SMILES string of the molecule is CCNC(=O)c1ccc(-n2cnc(C(=O)OC)n2)nn1. The van der Waals surface area contributed by atoms with E-state index in [-0.39, 0.29) is 17.4 Å². The molecule has 20 heavy (non-hydrogen) atoms. The van der Waals surface area contributed by atoms with Gasteiger partial charge in [-0.05, 0) is 19.1 Å². The lowest BCUT2D eigenvalue weighted by atomic mass is 10.3. The molecular weight excluding hydrogens is 264 g/mol. The zero-order valence-corrected chi connectivity index (χ0v) is 10.9. The van der Waals surface area contributed by atoms with Crippen molar-refractivity contribution >= 4 is 11.9 Å². The average Bonchev–Trinajstić information content (AvgIpc) is 2.96. The summed E-state index contributed by atoms with van der Waals surface area (Å²) in [6, 6.07) is 3.06. The predicted molar refractivity (Wildman–Crippen MR) is 66.3 cm³/mol. The van der Waals surface area contributed by atoms with Gasteiger partial charge in [0.05, 0.1) is 7.11 Å². The third-order valence-corrected chi connectivity index (χ3v) is 2.31. The molecule has 0 atom stereocenters. The molecule has 0 saturated carbocycles. The van der Waals surface area contributed by atoms with Gasteiger partial charge in [0.1, 0.15) is 6.33 Å². The number of ether oxygens (including phenoxy) is 1.